The number of nitrogens with one attached hydrogen (secondary N) is 1. The second kappa shape index (κ2) is 4.04. The first-order chi connectivity index (χ1) is 8.77. The summed E-state index contributed by atoms with van der Waals surface area (Å²) < 4.78 is 0. The lowest BCUT2D eigenvalue weighted by Crippen LogP contribution is -2.77. The van der Waals surface area contributed by atoms with Crippen LogP contribution in [0.5, 0.6) is 0 Å². The highest BCUT2D eigenvalue weighted by Crippen LogP contribution is 2.01. The van der Waals surface area contributed by atoms with Crippen LogP contribution in [-0.4, -0.2) is 0 Å². The Morgan fingerprint density at radius 2 is 1.17 bits per heavy atom. The summed E-state index contributed by atoms with van der Waals surface area (Å²) in [5.74, 6) is 0. The fourth-order valence-electron chi connectivity index (χ4n) is 2.03. The lowest BCUT2D eigenvalue weighted by molar-refractivity contribution is -0.403. The van der Waals surface area contributed by atoms with E-state index in [4.69, 9.17) is 0 Å². The molecule has 3 aromatic carbocycles. The van der Waals surface area contributed by atoms with Crippen molar-refractivity contribution in [2.75, 3.05) is 0 Å². The molecular formula is C15H10NO2+. The van der Waals surface area contributed by atoms with Crippen LogP contribution in [0.25, 0.3) is 10.8 Å². The maximum absolute atomic E-state index is 12.1. The molecule has 0 unspecified atom stereocenters. The fourth-order valence-corrected chi connectivity index (χ4v) is 2.03. The highest BCUT2D eigenvalue weighted by molar-refractivity contribution is 5.83. The van der Waals surface area contributed by atoms with Gasteiger partial charge >= 0.3 is 5.36 Å². The molecule has 0 aliphatic rings. The number of hydrogen-bond donors (Lipinski definition) is 1. The van der Waals surface area contributed by atoms with Gasteiger partial charge in [0, 0.05) is 22.9 Å². The van der Waals surface area contributed by atoms with Gasteiger partial charge in [0.05, 0.1) is 0 Å². The lowest BCUT2D eigenvalue weighted by Gasteiger charge is -1.81. The van der Waals surface area contributed by atoms with E-state index >= 15 is 0 Å². The third-order valence-electron chi connectivity index (χ3n) is 2.91. The molecule has 0 radical (unpaired) electrons. The molecule has 0 aliphatic heterocycles. The number of para-hydroxylation sites is 1. The molecule has 0 amide bonds. The standard InChI is InChI=1S/C15H9NO2/c17-14-11-8-4-5-9-12(11)15(18)13(14)16-10-6-2-1-3-7-10/h1-9H/p+1. The van der Waals surface area contributed by atoms with Gasteiger partial charge in [-0.1, -0.05) is 42.5 Å². The molecule has 0 aromatic heterocycles. The summed E-state index contributed by atoms with van der Waals surface area (Å²) in [5.41, 5.74) is 0.265. The van der Waals surface area contributed by atoms with Crippen molar-refractivity contribution in [3.8, 4) is 0 Å². The maximum Gasteiger partial charge on any atom is 0.300 e. The third-order valence-corrected chi connectivity index (χ3v) is 2.91. The van der Waals surface area contributed by atoms with Crippen LogP contribution < -0.4 is 21.2 Å². The average molecular weight is 236 g/mol. The summed E-state index contributed by atoms with van der Waals surface area (Å²) in [7, 11) is 0. The van der Waals surface area contributed by atoms with E-state index in [0.717, 1.165) is 5.69 Å². The van der Waals surface area contributed by atoms with Crippen LogP contribution >= 0.6 is 0 Å². The normalized spacial score (nSPS) is 10.7. The Balaban J connectivity index is 2.41. The maximum atomic E-state index is 12.1. The molecule has 0 fully saturated rings. The van der Waals surface area contributed by atoms with Crippen LogP contribution in [0.2, 0.25) is 0 Å². The first-order valence-electron chi connectivity index (χ1n) is 5.65. The Labute approximate surface area is 102 Å². The monoisotopic (exact) mass is 236 g/mol. The van der Waals surface area contributed by atoms with Gasteiger partial charge in [-0.15, -0.1) is 0 Å². The molecule has 0 spiro atoms. The van der Waals surface area contributed by atoms with E-state index in [0.29, 0.717) is 10.8 Å². The van der Waals surface area contributed by atoms with Crippen LogP contribution in [0.1, 0.15) is 0 Å². The smallest absolute Gasteiger partial charge is 0.282 e. The quantitative estimate of drug-likeness (QED) is 0.633. The number of benzene rings is 2. The molecule has 3 nitrogen and oxygen atoms in total. The van der Waals surface area contributed by atoms with Crippen molar-refractivity contribution in [1.29, 1.82) is 0 Å². The zero-order valence-electron chi connectivity index (χ0n) is 9.51. The van der Waals surface area contributed by atoms with Crippen LogP contribution in [-0.2, 0) is 0 Å². The van der Waals surface area contributed by atoms with Crippen molar-refractivity contribution in [1.82, 2.24) is 0 Å². The van der Waals surface area contributed by atoms with E-state index in [-0.39, 0.29) is 16.2 Å². The minimum atomic E-state index is -0.237. The Hall–Kier alpha value is -2.55. The predicted molar refractivity (Wildman–Crippen MR) is 69.1 cm³/mol. The van der Waals surface area contributed by atoms with Gasteiger partial charge in [0.2, 0.25) is 5.69 Å². The Bertz CT molecular complexity index is 807. The fraction of sp³-hybridized carbons (Fsp3) is 0. The molecule has 86 valence electrons. The number of rotatable bonds is 1. The van der Waals surface area contributed by atoms with Crippen LogP contribution in [0.15, 0.2) is 64.2 Å². The molecular weight excluding hydrogens is 226 g/mol. The highest BCUT2D eigenvalue weighted by atomic mass is 16.1. The summed E-state index contributed by atoms with van der Waals surface area (Å²) >= 11 is 0. The highest BCUT2D eigenvalue weighted by Gasteiger charge is 2.14. The molecule has 1 N–H and O–H groups in total. The molecule has 0 atom stereocenters. The van der Waals surface area contributed by atoms with E-state index in [1.54, 1.807) is 24.3 Å². The third kappa shape index (κ3) is 1.57. The second-order valence-corrected chi connectivity index (χ2v) is 4.07. The molecule has 0 aliphatic carbocycles. The molecule has 0 saturated carbocycles. The van der Waals surface area contributed by atoms with Gasteiger partial charge < -0.3 is 0 Å². The molecule has 3 aromatic rings. The van der Waals surface area contributed by atoms with Crippen molar-refractivity contribution in [2.24, 2.45) is 0 Å². The van der Waals surface area contributed by atoms with E-state index < -0.39 is 0 Å². The minimum absolute atomic E-state index is 0.127. The number of fused-ring (bicyclic) bond motifs is 1. The minimum Gasteiger partial charge on any atom is -0.282 e. The second-order valence-electron chi connectivity index (χ2n) is 4.07. The van der Waals surface area contributed by atoms with Gasteiger partial charge in [-0.2, -0.15) is 4.99 Å². The lowest BCUT2D eigenvalue weighted by atomic mass is 10.2. The van der Waals surface area contributed by atoms with Crippen molar-refractivity contribution >= 4 is 16.5 Å². The summed E-state index contributed by atoms with van der Waals surface area (Å²) in [4.78, 5) is 27.1. The zero-order valence-corrected chi connectivity index (χ0v) is 9.51. The van der Waals surface area contributed by atoms with Crippen molar-refractivity contribution in [3.05, 3.63) is 80.4 Å². The first kappa shape index (κ1) is 10.6. The topological polar surface area (TPSA) is 48.1 Å². The van der Waals surface area contributed by atoms with Gasteiger partial charge in [-0.3, -0.25) is 9.59 Å². The van der Waals surface area contributed by atoms with Crippen molar-refractivity contribution < 1.29 is 4.99 Å². The first-order valence-corrected chi connectivity index (χ1v) is 5.65. The average Bonchev–Trinajstić information content (AvgIpc) is 2.66. The Morgan fingerprint density at radius 1 is 0.667 bits per heavy atom. The predicted octanol–water partition coefficient (Wildman–Crippen LogP) is -0.251. The molecule has 3 heteroatoms. The summed E-state index contributed by atoms with van der Waals surface area (Å²) in [6, 6.07) is 16.1. The van der Waals surface area contributed by atoms with Crippen molar-refractivity contribution in [2.45, 2.75) is 0 Å². The van der Waals surface area contributed by atoms with E-state index in [9.17, 15) is 9.59 Å². The largest absolute Gasteiger partial charge is 0.300 e. The zero-order chi connectivity index (χ0) is 12.5. The summed E-state index contributed by atoms with van der Waals surface area (Å²) in [6.45, 7) is 0. The van der Waals surface area contributed by atoms with Gasteiger partial charge in [0.15, 0.2) is 0 Å². The van der Waals surface area contributed by atoms with E-state index in [1.165, 1.54) is 0 Å². The van der Waals surface area contributed by atoms with Gasteiger partial charge in [0.25, 0.3) is 10.9 Å². The molecule has 3 rings (SSSR count). The molecule has 0 bridgehead atoms. The van der Waals surface area contributed by atoms with E-state index in [1.807, 2.05) is 30.3 Å². The van der Waals surface area contributed by atoms with E-state index in [2.05, 4.69) is 4.99 Å². The van der Waals surface area contributed by atoms with Crippen LogP contribution in [0, 0.1) is 0 Å². The Morgan fingerprint density at radius 3 is 1.72 bits per heavy atom. The molecule has 0 saturated heterocycles. The van der Waals surface area contributed by atoms with Crippen molar-refractivity contribution in [3.63, 3.8) is 0 Å². The van der Waals surface area contributed by atoms with Gasteiger partial charge in [0.1, 0.15) is 0 Å². The summed E-state index contributed by atoms with van der Waals surface area (Å²) in [5, 5.41) is 1.07. The molecule has 18 heavy (non-hydrogen) atoms. The van der Waals surface area contributed by atoms with Crippen LogP contribution in [0.3, 0.4) is 0 Å². The van der Waals surface area contributed by atoms with Gasteiger partial charge in [-0.25, -0.2) is 0 Å². The Kier molecular flexibility index (Phi) is 2.38. The summed E-state index contributed by atoms with van der Waals surface area (Å²) in [6.07, 6.45) is 0. The number of hydrogen-bond acceptors (Lipinski definition) is 2. The van der Waals surface area contributed by atoms with Crippen LogP contribution in [0.4, 0.5) is 5.69 Å². The molecule has 0 heterocycles. The SMILES string of the molecule is O=c1c(=[NH+]c2ccccc2)c(=O)c2ccccc12. The van der Waals surface area contributed by atoms with Gasteiger partial charge in [-0.05, 0) is 0 Å².